The van der Waals surface area contributed by atoms with Gasteiger partial charge in [0, 0.05) is 17.2 Å². The fourth-order valence-corrected chi connectivity index (χ4v) is 3.68. The summed E-state index contributed by atoms with van der Waals surface area (Å²) < 4.78 is 33.9. The van der Waals surface area contributed by atoms with Gasteiger partial charge in [-0.05, 0) is 45.0 Å². The van der Waals surface area contributed by atoms with Crippen molar-refractivity contribution in [1.29, 1.82) is 0 Å². The number of nitrogens with zero attached hydrogens (tertiary/aromatic N) is 1. The van der Waals surface area contributed by atoms with Crippen molar-refractivity contribution in [3.05, 3.63) is 65.2 Å². The van der Waals surface area contributed by atoms with Crippen molar-refractivity contribution < 1.29 is 23.4 Å². The summed E-state index contributed by atoms with van der Waals surface area (Å²) in [5.74, 6) is -1.78. The fraction of sp³-hybridized carbons (Fsp3) is 0.381. The Balaban J connectivity index is 2.01. The molecule has 0 saturated carbocycles. The van der Waals surface area contributed by atoms with E-state index in [2.05, 4.69) is 0 Å². The van der Waals surface area contributed by atoms with Crippen LogP contribution in [0.3, 0.4) is 0 Å². The molecule has 0 amide bonds. The molecule has 1 aliphatic heterocycles. The number of carboxylic acids is 1. The minimum atomic E-state index is -0.797. The van der Waals surface area contributed by atoms with E-state index in [1.54, 1.807) is 0 Å². The van der Waals surface area contributed by atoms with Crippen LogP contribution in [0.25, 0.3) is 0 Å². The number of likely N-dealkylation sites (tertiary alicyclic amines) is 1. The first-order valence-corrected chi connectivity index (χ1v) is 9.14. The van der Waals surface area contributed by atoms with Crippen LogP contribution in [-0.2, 0) is 4.79 Å². The number of para-hydroxylation sites is 1. The molecule has 1 heterocycles. The average Bonchev–Trinajstić information content (AvgIpc) is 2.65. The number of carbonyl (C=O) groups is 1. The summed E-state index contributed by atoms with van der Waals surface area (Å²) in [4.78, 5) is 13.3. The number of benzene rings is 2. The first kappa shape index (κ1) is 19.3. The number of piperidine rings is 1. The molecule has 0 bridgehead atoms. The van der Waals surface area contributed by atoms with Crippen LogP contribution in [0.2, 0.25) is 0 Å². The molecule has 3 rings (SSSR count). The van der Waals surface area contributed by atoms with Crippen LogP contribution < -0.4 is 4.74 Å². The standard InChI is InChI=1S/C21H23F2NO3/c1-2-27-19-6-4-3-5-17(19)20(16-8-7-15(22)13-18(16)23)24-11-9-14(10-12-24)21(25)26/h3-8,13-14,20H,2,9-12H2,1H3,(H,25,26). The molecule has 0 radical (unpaired) electrons. The van der Waals surface area contributed by atoms with Gasteiger partial charge in [0.15, 0.2) is 0 Å². The molecule has 6 heteroatoms. The quantitative estimate of drug-likeness (QED) is 0.820. The number of ether oxygens (including phenoxy) is 1. The van der Waals surface area contributed by atoms with E-state index in [9.17, 15) is 18.7 Å². The second kappa shape index (κ2) is 8.48. The van der Waals surface area contributed by atoms with Crippen molar-refractivity contribution >= 4 is 5.97 Å². The van der Waals surface area contributed by atoms with E-state index in [1.165, 1.54) is 12.1 Å². The average molecular weight is 375 g/mol. The van der Waals surface area contributed by atoms with Crippen LogP contribution in [0.1, 0.15) is 36.9 Å². The molecule has 1 saturated heterocycles. The van der Waals surface area contributed by atoms with Crippen LogP contribution in [0.15, 0.2) is 42.5 Å². The lowest BCUT2D eigenvalue weighted by Gasteiger charge is -2.37. The van der Waals surface area contributed by atoms with Crippen LogP contribution in [0.5, 0.6) is 5.75 Å². The normalized spacial score (nSPS) is 16.9. The van der Waals surface area contributed by atoms with E-state index in [0.717, 1.165) is 11.6 Å². The molecule has 0 aromatic heterocycles. The molecule has 0 aliphatic carbocycles. The Labute approximate surface area is 157 Å². The molecule has 2 aromatic rings. The van der Waals surface area contributed by atoms with Gasteiger partial charge < -0.3 is 9.84 Å². The number of hydrogen-bond acceptors (Lipinski definition) is 3. The molecule has 2 aromatic carbocycles. The Hall–Kier alpha value is -2.47. The van der Waals surface area contributed by atoms with Gasteiger partial charge in [-0.2, -0.15) is 0 Å². The van der Waals surface area contributed by atoms with Gasteiger partial charge in [-0.1, -0.05) is 24.3 Å². The maximum absolute atomic E-state index is 14.7. The number of carboxylic acid groups (broad SMARTS) is 1. The van der Waals surface area contributed by atoms with Crippen LogP contribution >= 0.6 is 0 Å². The van der Waals surface area contributed by atoms with Gasteiger partial charge in [-0.3, -0.25) is 9.69 Å². The lowest BCUT2D eigenvalue weighted by Crippen LogP contribution is -2.39. The zero-order valence-corrected chi connectivity index (χ0v) is 15.2. The summed E-state index contributed by atoms with van der Waals surface area (Å²) in [6.45, 7) is 3.37. The predicted molar refractivity (Wildman–Crippen MR) is 97.7 cm³/mol. The number of aliphatic carboxylic acids is 1. The molecule has 0 spiro atoms. The molecule has 1 aliphatic rings. The summed E-state index contributed by atoms with van der Waals surface area (Å²) in [6, 6.07) is 10.5. The van der Waals surface area contributed by atoms with Crippen LogP contribution in [-0.4, -0.2) is 35.7 Å². The smallest absolute Gasteiger partial charge is 0.306 e. The Bertz CT molecular complexity index is 804. The second-order valence-corrected chi connectivity index (χ2v) is 6.69. The number of rotatable bonds is 6. The Morgan fingerprint density at radius 1 is 1.19 bits per heavy atom. The Kier molecular flexibility index (Phi) is 6.06. The largest absolute Gasteiger partial charge is 0.494 e. The highest BCUT2D eigenvalue weighted by Gasteiger charge is 2.32. The van der Waals surface area contributed by atoms with E-state index in [1.807, 2.05) is 36.1 Å². The van der Waals surface area contributed by atoms with Crippen molar-refractivity contribution in [2.45, 2.75) is 25.8 Å². The van der Waals surface area contributed by atoms with Gasteiger partial charge in [0.05, 0.1) is 18.6 Å². The summed E-state index contributed by atoms with van der Waals surface area (Å²) in [5, 5.41) is 9.25. The highest BCUT2D eigenvalue weighted by molar-refractivity contribution is 5.70. The highest BCUT2D eigenvalue weighted by atomic mass is 19.1. The third kappa shape index (κ3) is 4.27. The third-order valence-corrected chi connectivity index (χ3v) is 5.01. The molecular weight excluding hydrogens is 352 g/mol. The van der Waals surface area contributed by atoms with Crippen molar-refractivity contribution in [3.8, 4) is 5.75 Å². The minimum Gasteiger partial charge on any atom is -0.494 e. The molecular formula is C21H23F2NO3. The topological polar surface area (TPSA) is 49.8 Å². The van der Waals surface area contributed by atoms with Crippen molar-refractivity contribution in [2.24, 2.45) is 5.92 Å². The van der Waals surface area contributed by atoms with E-state index >= 15 is 0 Å². The maximum atomic E-state index is 14.7. The van der Waals surface area contributed by atoms with Crippen LogP contribution in [0.4, 0.5) is 8.78 Å². The highest BCUT2D eigenvalue weighted by Crippen LogP contribution is 2.38. The van der Waals surface area contributed by atoms with Gasteiger partial charge in [0.2, 0.25) is 0 Å². The molecule has 4 nitrogen and oxygen atoms in total. The molecule has 1 atom stereocenters. The maximum Gasteiger partial charge on any atom is 0.306 e. The summed E-state index contributed by atoms with van der Waals surface area (Å²) >= 11 is 0. The molecule has 144 valence electrons. The Morgan fingerprint density at radius 2 is 1.89 bits per heavy atom. The van der Waals surface area contributed by atoms with Crippen molar-refractivity contribution in [3.63, 3.8) is 0 Å². The lowest BCUT2D eigenvalue weighted by molar-refractivity contribution is -0.143. The fourth-order valence-electron chi connectivity index (χ4n) is 3.68. The molecule has 27 heavy (non-hydrogen) atoms. The Morgan fingerprint density at radius 3 is 2.52 bits per heavy atom. The monoisotopic (exact) mass is 375 g/mol. The van der Waals surface area contributed by atoms with E-state index < -0.39 is 23.6 Å². The first-order valence-electron chi connectivity index (χ1n) is 9.14. The van der Waals surface area contributed by atoms with Crippen LogP contribution in [0, 0.1) is 17.6 Å². The van der Waals surface area contributed by atoms with E-state index in [4.69, 9.17) is 4.74 Å². The molecule has 1 N–H and O–H groups in total. The third-order valence-electron chi connectivity index (χ3n) is 5.01. The SMILES string of the molecule is CCOc1ccccc1C(c1ccc(F)cc1F)N1CCC(C(=O)O)CC1. The van der Waals surface area contributed by atoms with Gasteiger partial charge in [-0.15, -0.1) is 0 Å². The van der Waals surface area contributed by atoms with Gasteiger partial charge in [0.1, 0.15) is 17.4 Å². The zero-order valence-electron chi connectivity index (χ0n) is 15.2. The zero-order chi connectivity index (χ0) is 19.4. The van der Waals surface area contributed by atoms with Gasteiger partial charge >= 0.3 is 5.97 Å². The first-order chi connectivity index (χ1) is 13.0. The lowest BCUT2D eigenvalue weighted by atomic mass is 9.90. The van der Waals surface area contributed by atoms with E-state index in [-0.39, 0.29) is 5.92 Å². The number of hydrogen-bond donors (Lipinski definition) is 1. The van der Waals surface area contributed by atoms with Gasteiger partial charge in [0.25, 0.3) is 0 Å². The van der Waals surface area contributed by atoms with Gasteiger partial charge in [-0.25, -0.2) is 8.78 Å². The van der Waals surface area contributed by atoms with E-state index in [0.29, 0.717) is 43.9 Å². The number of halogens is 2. The summed E-state index contributed by atoms with van der Waals surface area (Å²) in [5.41, 5.74) is 1.15. The summed E-state index contributed by atoms with van der Waals surface area (Å²) in [6.07, 6.45) is 0.983. The minimum absolute atomic E-state index is 0.359. The van der Waals surface area contributed by atoms with Crippen molar-refractivity contribution in [1.82, 2.24) is 4.90 Å². The predicted octanol–water partition coefficient (Wildman–Crippen LogP) is 4.25. The summed E-state index contributed by atoms with van der Waals surface area (Å²) in [7, 11) is 0. The molecule has 1 fully saturated rings. The molecule has 1 unspecified atom stereocenters. The van der Waals surface area contributed by atoms with Crippen molar-refractivity contribution in [2.75, 3.05) is 19.7 Å². The second-order valence-electron chi connectivity index (χ2n) is 6.69.